The average Bonchev–Trinajstić information content (AvgIpc) is 3.16. The molecule has 1 aliphatic heterocycles. The Bertz CT molecular complexity index is 862. The third-order valence-electron chi connectivity index (χ3n) is 4.15. The van der Waals surface area contributed by atoms with Gasteiger partial charge in [0.2, 0.25) is 10.0 Å². The molecular formula is C17H19ClN2O3S2. The van der Waals surface area contributed by atoms with Crippen LogP contribution in [0.1, 0.15) is 28.6 Å². The van der Waals surface area contributed by atoms with Crippen molar-refractivity contribution in [1.82, 2.24) is 4.90 Å². The molecule has 0 saturated carbocycles. The Hall–Kier alpha value is -1.57. The first-order valence-corrected chi connectivity index (χ1v) is 10.8. The second-order valence-electron chi connectivity index (χ2n) is 5.81. The molecule has 1 amide bonds. The molecule has 3 rings (SSSR count). The van der Waals surface area contributed by atoms with Gasteiger partial charge in [-0.2, -0.15) is 0 Å². The molecule has 0 atom stereocenters. The molecule has 2 heterocycles. The third-order valence-corrected chi connectivity index (χ3v) is 7.23. The minimum atomic E-state index is -3.21. The highest BCUT2D eigenvalue weighted by molar-refractivity contribution is 7.93. The Kier molecular flexibility index (Phi) is 5.36. The Morgan fingerprint density at radius 3 is 2.48 bits per heavy atom. The summed E-state index contributed by atoms with van der Waals surface area (Å²) in [6.45, 7) is 3.51. The van der Waals surface area contributed by atoms with E-state index in [1.807, 2.05) is 19.1 Å². The van der Waals surface area contributed by atoms with Crippen molar-refractivity contribution in [2.24, 2.45) is 0 Å². The normalized spacial score (nSPS) is 16.2. The van der Waals surface area contributed by atoms with E-state index < -0.39 is 10.0 Å². The lowest BCUT2D eigenvalue weighted by Gasteiger charge is -2.21. The van der Waals surface area contributed by atoms with Gasteiger partial charge in [-0.3, -0.25) is 9.10 Å². The summed E-state index contributed by atoms with van der Waals surface area (Å²) in [6, 6.07) is 10.5. The summed E-state index contributed by atoms with van der Waals surface area (Å²) in [7, 11) is -3.21. The number of anilines is 1. The highest BCUT2D eigenvalue weighted by Gasteiger charge is 2.28. The van der Waals surface area contributed by atoms with Crippen LogP contribution in [0, 0.1) is 0 Å². The Morgan fingerprint density at radius 2 is 1.96 bits per heavy atom. The first-order valence-electron chi connectivity index (χ1n) is 8.04. The van der Waals surface area contributed by atoms with Gasteiger partial charge in [-0.25, -0.2) is 8.42 Å². The number of sulfonamides is 1. The first kappa shape index (κ1) is 18.2. The zero-order chi connectivity index (χ0) is 18.0. The maximum Gasteiger partial charge on any atom is 0.254 e. The molecule has 0 unspecified atom stereocenters. The van der Waals surface area contributed by atoms with Gasteiger partial charge in [0.05, 0.1) is 22.3 Å². The van der Waals surface area contributed by atoms with E-state index in [9.17, 15) is 13.2 Å². The van der Waals surface area contributed by atoms with E-state index in [-0.39, 0.29) is 11.7 Å². The van der Waals surface area contributed by atoms with Crippen LogP contribution in [0.3, 0.4) is 0 Å². The van der Waals surface area contributed by atoms with E-state index in [2.05, 4.69) is 0 Å². The fraction of sp³-hybridized carbons (Fsp3) is 0.353. The summed E-state index contributed by atoms with van der Waals surface area (Å²) < 4.78 is 26.1. The highest BCUT2D eigenvalue weighted by atomic mass is 35.5. The summed E-state index contributed by atoms with van der Waals surface area (Å²) in [4.78, 5) is 15.5. The monoisotopic (exact) mass is 398 g/mol. The van der Waals surface area contributed by atoms with E-state index in [4.69, 9.17) is 11.6 Å². The minimum absolute atomic E-state index is 0.0807. The number of thiophene rings is 1. The van der Waals surface area contributed by atoms with Gasteiger partial charge in [0, 0.05) is 23.5 Å². The predicted octanol–water partition coefficient (Wildman–Crippen LogP) is 3.60. The van der Waals surface area contributed by atoms with Crippen LogP contribution in [0.2, 0.25) is 4.34 Å². The summed E-state index contributed by atoms with van der Waals surface area (Å²) >= 11 is 7.41. The van der Waals surface area contributed by atoms with E-state index in [1.165, 1.54) is 15.6 Å². The van der Waals surface area contributed by atoms with Gasteiger partial charge >= 0.3 is 0 Å². The van der Waals surface area contributed by atoms with Gasteiger partial charge in [0.1, 0.15) is 0 Å². The van der Waals surface area contributed by atoms with Gasteiger partial charge in [0.25, 0.3) is 5.91 Å². The van der Waals surface area contributed by atoms with E-state index >= 15 is 0 Å². The van der Waals surface area contributed by atoms with Gasteiger partial charge < -0.3 is 4.90 Å². The van der Waals surface area contributed by atoms with Crippen LogP contribution in [-0.4, -0.2) is 38.1 Å². The molecule has 0 N–H and O–H groups in total. The van der Waals surface area contributed by atoms with Crippen LogP contribution >= 0.6 is 22.9 Å². The van der Waals surface area contributed by atoms with Crippen molar-refractivity contribution in [2.45, 2.75) is 19.9 Å². The summed E-state index contributed by atoms with van der Waals surface area (Å²) in [5.41, 5.74) is 1.16. The number of halogens is 1. The lowest BCUT2D eigenvalue weighted by molar-refractivity contribution is 0.0754. The molecule has 0 radical (unpaired) electrons. The Morgan fingerprint density at radius 1 is 1.24 bits per heavy atom. The lowest BCUT2D eigenvalue weighted by atomic mass is 10.1. The second-order valence-corrected chi connectivity index (χ2v) is 9.63. The number of carbonyl (C=O) groups is 1. The van der Waals surface area contributed by atoms with Crippen molar-refractivity contribution in [2.75, 3.05) is 23.1 Å². The SMILES string of the molecule is CCN(Cc1ccc(Cl)s1)C(=O)c1ccc(N2CCCS2(=O)=O)cc1. The van der Waals surface area contributed by atoms with E-state index in [1.54, 1.807) is 29.2 Å². The van der Waals surface area contributed by atoms with Crippen LogP contribution in [0.25, 0.3) is 0 Å². The number of benzene rings is 1. The highest BCUT2D eigenvalue weighted by Crippen LogP contribution is 2.26. The maximum atomic E-state index is 12.7. The molecule has 134 valence electrons. The molecule has 1 saturated heterocycles. The smallest absolute Gasteiger partial charge is 0.254 e. The minimum Gasteiger partial charge on any atom is -0.334 e. The zero-order valence-electron chi connectivity index (χ0n) is 13.8. The van der Waals surface area contributed by atoms with Crippen molar-refractivity contribution >= 4 is 44.6 Å². The summed E-state index contributed by atoms with van der Waals surface area (Å²) in [5.74, 6) is 0.101. The summed E-state index contributed by atoms with van der Waals surface area (Å²) in [6.07, 6.45) is 0.635. The number of rotatable bonds is 5. The van der Waals surface area contributed by atoms with Crippen molar-refractivity contribution in [3.63, 3.8) is 0 Å². The molecule has 1 aromatic carbocycles. The van der Waals surface area contributed by atoms with Crippen LogP contribution in [0.5, 0.6) is 0 Å². The average molecular weight is 399 g/mol. The quantitative estimate of drug-likeness (QED) is 0.773. The third kappa shape index (κ3) is 3.99. The standard InChI is InChI=1S/C17H19ClN2O3S2/c1-2-19(12-15-8-9-16(18)24-15)17(21)13-4-6-14(7-5-13)20-10-3-11-25(20,22)23/h4-9H,2-3,10-12H2,1H3. The Balaban J connectivity index is 1.75. The molecule has 0 aliphatic carbocycles. The number of amides is 1. The van der Waals surface area contributed by atoms with Crippen LogP contribution in [0.15, 0.2) is 36.4 Å². The fourth-order valence-corrected chi connectivity index (χ4v) is 5.50. The van der Waals surface area contributed by atoms with Gasteiger partial charge in [-0.1, -0.05) is 11.6 Å². The van der Waals surface area contributed by atoms with Crippen molar-refractivity contribution in [3.8, 4) is 0 Å². The molecule has 0 spiro atoms. The fourth-order valence-electron chi connectivity index (χ4n) is 2.83. The molecule has 1 aliphatic rings. The number of carbonyl (C=O) groups excluding carboxylic acids is 1. The van der Waals surface area contributed by atoms with Gasteiger partial charge in [0.15, 0.2) is 0 Å². The van der Waals surface area contributed by atoms with Gasteiger partial charge in [-0.05, 0) is 49.7 Å². The molecular weight excluding hydrogens is 380 g/mol. The Labute approximate surface area is 156 Å². The predicted molar refractivity (Wildman–Crippen MR) is 102 cm³/mol. The molecule has 25 heavy (non-hydrogen) atoms. The van der Waals surface area contributed by atoms with Crippen LogP contribution in [0.4, 0.5) is 5.69 Å². The molecule has 5 nitrogen and oxygen atoms in total. The van der Waals surface area contributed by atoms with E-state index in [0.717, 1.165) is 4.88 Å². The molecule has 1 aromatic heterocycles. The van der Waals surface area contributed by atoms with Gasteiger partial charge in [-0.15, -0.1) is 11.3 Å². The number of hydrogen-bond donors (Lipinski definition) is 0. The molecule has 2 aromatic rings. The zero-order valence-corrected chi connectivity index (χ0v) is 16.2. The second kappa shape index (κ2) is 7.35. The van der Waals surface area contributed by atoms with Crippen molar-refractivity contribution in [1.29, 1.82) is 0 Å². The lowest BCUT2D eigenvalue weighted by Crippen LogP contribution is -2.30. The number of hydrogen-bond acceptors (Lipinski definition) is 4. The number of nitrogens with zero attached hydrogens (tertiary/aromatic N) is 2. The molecule has 1 fully saturated rings. The first-order chi connectivity index (χ1) is 11.9. The topological polar surface area (TPSA) is 57.7 Å². The molecule has 8 heteroatoms. The maximum absolute atomic E-state index is 12.7. The van der Waals surface area contributed by atoms with E-state index in [0.29, 0.717) is 41.6 Å². The van der Waals surface area contributed by atoms with Crippen LogP contribution < -0.4 is 4.31 Å². The summed E-state index contributed by atoms with van der Waals surface area (Å²) in [5, 5.41) is 0. The largest absolute Gasteiger partial charge is 0.334 e. The van der Waals surface area contributed by atoms with Crippen molar-refractivity contribution in [3.05, 3.63) is 51.2 Å². The van der Waals surface area contributed by atoms with Crippen molar-refractivity contribution < 1.29 is 13.2 Å². The molecule has 0 bridgehead atoms. The van der Waals surface area contributed by atoms with Crippen LogP contribution in [-0.2, 0) is 16.6 Å².